The Kier molecular flexibility index (Phi) is 6.66. The van der Waals surface area contributed by atoms with Crippen molar-refractivity contribution in [2.24, 2.45) is 0 Å². The fraction of sp³-hybridized carbons (Fsp3) is 0.917. The molecule has 1 aliphatic carbocycles. The van der Waals surface area contributed by atoms with Gasteiger partial charge in [0.05, 0.1) is 0 Å². The predicted molar refractivity (Wildman–Crippen MR) is 71.7 cm³/mol. The van der Waals surface area contributed by atoms with Crippen molar-refractivity contribution in [1.29, 1.82) is 0 Å². The highest BCUT2D eigenvalue weighted by Gasteiger charge is 2.18. The third-order valence-corrected chi connectivity index (χ3v) is 3.61. The number of carbonyl (C=O) groups excluding carboxylic acids is 1. The Morgan fingerprint density at radius 2 is 1.41 bits per heavy atom. The van der Waals surface area contributed by atoms with Gasteiger partial charge in [0.15, 0.2) is 0 Å². The molecule has 1 aliphatic heterocycles. The first kappa shape index (κ1) is 14.6. The zero-order chi connectivity index (χ0) is 11.2. The Hall–Kier alpha value is -0.480. The molecule has 1 saturated carbocycles. The lowest BCUT2D eigenvalue weighted by Crippen LogP contribution is -2.49. The molecule has 2 amide bonds. The van der Waals surface area contributed by atoms with Gasteiger partial charge < -0.3 is 16.0 Å². The van der Waals surface area contributed by atoms with Crippen molar-refractivity contribution in [2.45, 2.75) is 57.0 Å². The van der Waals surface area contributed by atoms with Gasteiger partial charge in [0.25, 0.3) is 0 Å². The molecular weight excluding hydrogens is 238 g/mol. The van der Waals surface area contributed by atoms with Crippen molar-refractivity contribution < 1.29 is 4.79 Å². The summed E-state index contributed by atoms with van der Waals surface area (Å²) < 4.78 is 0. The SMILES string of the molecule is Cl.O=C(NC1CCCCC1)NC1CCNCC1. The lowest BCUT2D eigenvalue weighted by Gasteiger charge is -2.27. The zero-order valence-corrected chi connectivity index (χ0v) is 11.2. The van der Waals surface area contributed by atoms with Gasteiger partial charge in [-0.1, -0.05) is 19.3 Å². The molecule has 3 N–H and O–H groups in total. The van der Waals surface area contributed by atoms with E-state index in [4.69, 9.17) is 0 Å². The van der Waals surface area contributed by atoms with E-state index in [0.717, 1.165) is 38.8 Å². The molecule has 1 heterocycles. The van der Waals surface area contributed by atoms with Crippen molar-refractivity contribution in [3.63, 3.8) is 0 Å². The Bertz CT molecular complexity index is 204. The molecular formula is C12H24ClN3O. The van der Waals surface area contributed by atoms with Crippen LogP contribution in [0, 0.1) is 0 Å². The van der Waals surface area contributed by atoms with Crippen molar-refractivity contribution in [1.82, 2.24) is 16.0 Å². The number of rotatable bonds is 2. The van der Waals surface area contributed by atoms with Crippen molar-refractivity contribution >= 4 is 18.4 Å². The zero-order valence-electron chi connectivity index (χ0n) is 10.3. The maximum Gasteiger partial charge on any atom is 0.315 e. The monoisotopic (exact) mass is 261 g/mol. The molecule has 0 radical (unpaired) electrons. The lowest BCUT2D eigenvalue weighted by atomic mass is 9.96. The van der Waals surface area contributed by atoms with E-state index in [0.29, 0.717) is 12.1 Å². The Balaban J connectivity index is 0.00000144. The van der Waals surface area contributed by atoms with Crippen molar-refractivity contribution in [2.75, 3.05) is 13.1 Å². The van der Waals surface area contributed by atoms with Gasteiger partial charge in [-0.25, -0.2) is 4.79 Å². The second-order valence-corrected chi connectivity index (χ2v) is 4.98. The van der Waals surface area contributed by atoms with Crippen LogP contribution in [0.4, 0.5) is 4.79 Å². The van der Waals surface area contributed by atoms with Gasteiger partial charge in [-0.05, 0) is 38.8 Å². The van der Waals surface area contributed by atoms with Gasteiger partial charge in [-0.15, -0.1) is 12.4 Å². The van der Waals surface area contributed by atoms with Gasteiger partial charge in [0.2, 0.25) is 0 Å². The first-order chi connectivity index (χ1) is 7.84. The van der Waals surface area contributed by atoms with Crippen LogP contribution in [0.25, 0.3) is 0 Å². The van der Waals surface area contributed by atoms with E-state index in [1.807, 2.05) is 0 Å². The summed E-state index contributed by atoms with van der Waals surface area (Å²) in [7, 11) is 0. The lowest BCUT2D eigenvalue weighted by molar-refractivity contribution is 0.225. The number of halogens is 1. The van der Waals surface area contributed by atoms with Crippen molar-refractivity contribution in [3.8, 4) is 0 Å². The fourth-order valence-corrected chi connectivity index (χ4v) is 2.63. The standard InChI is InChI=1S/C12H23N3O.ClH/c16-12(14-10-4-2-1-3-5-10)15-11-6-8-13-9-7-11;/h10-11,13H,1-9H2,(H2,14,15,16);1H. The quantitative estimate of drug-likeness (QED) is 0.710. The molecule has 2 aliphatic rings. The third kappa shape index (κ3) is 5.13. The van der Waals surface area contributed by atoms with Crippen LogP contribution in [0.5, 0.6) is 0 Å². The molecule has 100 valence electrons. The number of nitrogens with one attached hydrogen (secondary N) is 3. The van der Waals surface area contributed by atoms with Crippen LogP contribution in [0.1, 0.15) is 44.9 Å². The van der Waals surface area contributed by atoms with E-state index in [9.17, 15) is 4.79 Å². The van der Waals surface area contributed by atoms with Crippen LogP contribution in [0.2, 0.25) is 0 Å². The van der Waals surface area contributed by atoms with E-state index in [-0.39, 0.29) is 18.4 Å². The fourth-order valence-electron chi connectivity index (χ4n) is 2.63. The average molecular weight is 262 g/mol. The first-order valence-electron chi connectivity index (χ1n) is 6.62. The number of hydrogen-bond donors (Lipinski definition) is 3. The minimum Gasteiger partial charge on any atom is -0.335 e. The minimum atomic E-state index is 0. The second kappa shape index (κ2) is 7.77. The maximum absolute atomic E-state index is 11.7. The molecule has 0 aromatic rings. The largest absolute Gasteiger partial charge is 0.335 e. The van der Waals surface area contributed by atoms with E-state index in [1.165, 1.54) is 19.3 Å². The van der Waals surface area contributed by atoms with Gasteiger partial charge in [0, 0.05) is 12.1 Å². The van der Waals surface area contributed by atoms with Gasteiger partial charge in [-0.3, -0.25) is 0 Å². The molecule has 1 saturated heterocycles. The predicted octanol–water partition coefficient (Wildman–Crippen LogP) is 1.79. The molecule has 17 heavy (non-hydrogen) atoms. The Morgan fingerprint density at radius 1 is 0.882 bits per heavy atom. The molecule has 2 rings (SSSR count). The molecule has 0 atom stereocenters. The van der Waals surface area contributed by atoms with Crippen LogP contribution < -0.4 is 16.0 Å². The number of amides is 2. The summed E-state index contributed by atoms with van der Waals surface area (Å²) in [6.45, 7) is 2.04. The smallest absolute Gasteiger partial charge is 0.315 e. The van der Waals surface area contributed by atoms with E-state index >= 15 is 0 Å². The highest BCUT2D eigenvalue weighted by molar-refractivity contribution is 5.85. The molecule has 0 bridgehead atoms. The number of carbonyl (C=O) groups is 1. The first-order valence-corrected chi connectivity index (χ1v) is 6.62. The minimum absolute atomic E-state index is 0. The summed E-state index contributed by atoms with van der Waals surface area (Å²) >= 11 is 0. The van der Waals surface area contributed by atoms with E-state index in [1.54, 1.807) is 0 Å². The summed E-state index contributed by atoms with van der Waals surface area (Å²) in [4.78, 5) is 11.7. The Labute approximate surface area is 110 Å². The number of hydrogen-bond acceptors (Lipinski definition) is 2. The second-order valence-electron chi connectivity index (χ2n) is 4.98. The van der Waals surface area contributed by atoms with Crippen LogP contribution in [-0.4, -0.2) is 31.2 Å². The molecule has 5 heteroatoms. The third-order valence-electron chi connectivity index (χ3n) is 3.61. The summed E-state index contributed by atoms with van der Waals surface area (Å²) in [6, 6.07) is 0.819. The van der Waals surface area contributed by atoms with Gasteiger partial charge in [0.1, 0.15) is 0 Å². The highest BCUT2D eigenvalue weighted by atomic mass is 35.5. The highest BCUT2D eigenvalue weighted by Crippen LogP contribution is 2.17. The molecule has 4 nitrogen and oxygen atoms in total. The van der Waals surface area contributed by atoms with Crippen LogP contribution in [0.15, 0.2) is 0 Å². The van der Waals surface area contributed by atoms with Gasteiger partial charge in [-0.2, -0.15) is 0 Å². The molecule has 0 spiro atoms. The van der Waals surface area contributed by atoms with Crippen molar-refractivity contribution in [3.05, 3.63) is 0 Å². The molecule has 2 fully saturated rings. The number of piperidine rings is 1. The van der Waals surface area contributed by atoms with Gasteiger partial charge >= 0.3 is 6.03 Å². The summed E-state index contributed by atoms with van der Waals surface area (Å²) in [6.07, 6.45) is 8.26. The van der Waals surface area contributed by atoms with E-state index in [2.05, 4.69) is 16.0 Å². The summed E-state index contributed by atoms with van der Waals surface area (Å²) in [5, 5.41) is 9.47. The van der Waals surface area contributed by atoms with Crippen LogP contribution in [0.3, 0.4) is 0 Å². The molecule has 0 aromatic carbocycles. The molecule has 0 unspecified atom stereocenters. The summed E-state index contributed by atoms with van der Waals surface area (Å²) in [5.41, 5.74) is 0. The van der Waals surface area contributed by atoms with E-state index < -0.39 is 0 Å². The Morgan fingerprint density at radius 3 is 2.00 bits per heavy atom. The maximum atomic E-state index is 11.7. The molecule has 0 aromatic heterocycles. The normalized spacial score (nSPS) is 22.6. The van der Waals surface area contributed by atoms with Crippen LogP contribution in [-0.2, 0) is 0 Å². The van der Waals surface area contributed by atoms with Crippen LogP contribution >= 0.6 is 12.4 Å². The number of urea groups is 1. The summed E-state index contributed by atoms with van der Waals surface area (Å²) in [5.74, 6) is 0. The average Bonchev–Trinajstić information content (AvgIpc) is 2.31. The topological polar surface area (TPSA) is 53.2 Å².